The Kier molecular flexibility index (Phi) is 16.0. The van der Waals surface area contributed by atoms with Crippen LogP contribution in [0.4, 0.5) is 0 Å². The number of nitrogens with one attached hydrogen (secondary N) is 2. The normalized spacial score (nSPS) is 25.1. The maximum atomic E-state index is 14.3. The number of aromatic hydroxyl groups is 1. The Morgan fingerprint density at radius 2 is 1.74 bits per heavy atom. The van der Waals surface area contributed by atoms with E-state index in [1.807, 2.05) is 82.0 Å². The van der Waals surface area contributed by atoms with E-state index in [0.717, 1.165) is 91.5 Å². The first-order valence-corrected chi connectivity index (χ1v) is 28.3. The molecule has 8 N–H and O–H groups in total. The van der Waals surface area contributed by atoms with Gasteiger partial charge in [-0.05, 0) is 144 Å². The Morgan fingerprint density at radius 3 is 2.45 bits per heavy atom. The van der Waals surface area contributed by atoms with Crippen molar-refractivity contribution in [3.8, 4) is 22.1 Å². The molecule has 4 aliphatic heterocycles. The molecule has 18 nitrogen and oxygen atoms in total. The third-order valence-electron chi connectivity index (χ3n) is 17.1. The van der Waals surface area contributed by atoms with E-state index in [4.69, 9.17) is 25.8 Å². The van der Waals surface area contributed by atoms with Gasteiger partial charge in [-0.3, -0.25) is 19.7 Å². The zero-order valence-corrected chi connectivity index (χ0v) is 45.4. The number of hydrazone groups is 1. The van der Waals surface area contributed by atoms with Gasteiger partial charge in [-0.1, -0.05) is 56.3 Å². The predicted octanol–water partition coefficient (Wildman–Crippen LogP) is 6.89. The Hall–Kier alpha value is -6.12. The summed E-state index contributed by atoms with van der Waals surface area (Å²) in [7, 11) is 0. The van der Waals surface area contributed by atoms with Gasteiger partial charge in [-0.2, -0.15) is 10.2 Å². The molecule has 1 unspecified atom stereocenters. The van der Waals surface area contributed by atoms with Crippen molar-refractivity contribution in [2.24, 2.45) is 40.2 Å². The quantitative estimate of drug-likeness (QED) is 0.0524. The first kappa shape index (κ1) is 53.3. The highest BCUT2D eigenvalue weighted by Gasteiger charge is 2.44. The number of benzene rings is 2. The van der Waals surface area contributed by atoms with E-state index < -0.39 is 23.7 Å². The highest BCUT2D eigenvalue weighted by Crippen LogP contribution is 2.39. The number of likely N-dealkylation sites (tertiary alicyclic amines) is 3. The number of nitrogens with two attached hydrogens (primary N) is 2. The highest BCUT2D eigenvalue weighted by atomic mass is 32.1. The standard InChI is InChI=1S/C57H76N12O6S/c1-34(2)52(56(73)68-32-45(70)26-48(68)55(72)62-35(3)40-10-12-42(13-11-40)53-36(4)60-33-76-53)50-27-51(64-75-50)74-23-18-38-14-19-66(20-15-38)30-39-24-44(25-39)67-21-16-41(17-22-67)37(5)69-31-43(29-61-69)46-28-57(59,65-63-54(46)58)47-8-6-7-9-49(47)71/h6-13,27-29,31,33-35,37-39,41,44-45,48,52,65,70-71H,14-26,30,32,59H2,1-5H3,(H2,58,63)(H,62,72)/t35-,37+,39?,44?,45+,48-,52+,57?/m0/s1. The Morgan fingerprint density at radius 1 is 0.987 bits per heavy atom. The number of para-hydroxylation sites is 1. The molecule has 7 heterocycles. The molecular weight excluding hydrogens is 981 g/mol. The van der Waals surface area contributed by atoms with Crippen LogP contribution in [0.1, 0.15) is 125 Å². The number of phenols is 1. The van der Waals surface area contributed by atoms with Crippen molar-refractivity contribution in [1.29, 1.82) is 0 Å². The number of hydrogen-bond acceptors (Lipinski definition) is 16. The van der Waals surface area contributed by atoms with Gasteiger partial charge in [0.25, 0.3) is 5.88 Å². The lowest BCUT2D eigenvalue weighted by molar-refractivity contribution is -0.141. The molecule has 1 saturated carbocycles. The van der Waals surface area contributed by atoms with Gasteiger partial charge in [0.2, 0.25) is 11.8 Å². The van der Waals surface area contributed by atoms with E-state index >= 15 is 0 Å². The van der Waals surface area contributed by atoms with Crippen molar-refractivity contribution < 1.29 is 29.1 Å². The summed E-state index contributed by atoms with van der Waals surface area (Å²) in [5.41, 5.74) is 21.6. The minimum Gasteiger partial charge on any atom is -0.508 e. The molecule has 2 amide bonds. The van der Waals surface area contributed by atoms with Crippen LogP contribution < -0.4 is 26.9 Å². The van der Waals surface area contributed by atoms with E-state index in [0.29, 0.717) is 53.1 Å². The number of ether oxygens (including phenoxy) is 1. The minimum absolute atomic E-state index is 0.0694. The number of piperidine rings is 2. The molecule has 3 aromatic heterocycles. The summed E-state index contributed by atoms with van der Waals surface area (Å²) in [6.07, 6.45) is 13.1. The van der Waals surface area contributed by atoms with Gasteiger partial charge < -0.3 is 51.0 Å². The number of phenolic OH excluding ortho intramolecular Hbond substituents is 1. The van der Waals surface area contributed by atoms with Crippen molar-refractivity contribution in [1.82, 2.24) is 45.4 Å². The summed E-state index contributed by atoms with van der Waals surface area (Å²) in [6, 6.07) is 16.5. The van der Waals surface area contributed by atoms with Crippen molar-refractivity contribution >= 4 is 34.6 Å². The maximum Gasteiger partial charge on any atom is 0.254 e. The van der Waals surface area contributed by atoms with E-state index in [1.165, 1.54) is 24.3 Å². The zero-order chi connectivity index (χ0) is 53.3. The summed E-state index contributed by atoms with van der Waals surface area (Å²) in [5, 5.41) is 37.6. The van der Waals surface area contributed by atoms with Crippen molar-refractivity contribution in [3.63, 3.8) is 0 Å². The number of nitrogens with zero attached hydrogens (tertiary/aromatic N) is 8. The second kappa shape index (κ2) is 22.8. The van der Waals surface area contributed by atoms with Crippen LogP contribution in [0.2, 0.25) is 0 Å². The van der Waals surface area contributed by atoms with Crippen LogP contribution in [0.5, 0.6) is 11.6 Å². The molecule has 2 aromatic carbocycles. The van der Waals surface area contributed by atoms with Gasteiger partial charge in [-0.15, -0.1) is 11.3 Å². The van der Waals surface area contributed by atoms with Gasteiger partial charge in [0.15, 0.2) is 17.3 Å². The van der Waals surface area contributed by atoms with Crippen LogP contribution in [-0.4, -0.2) is 127 Å². The van der Waals surface area contributed by atoms with Crippen molar-refractivity contribution in [2.45, 2.75) is 128 Å². The van der Waals surface area contributed by atoms with Crippen LogP contribution in [0.25, 0.3) is 16.0 Å². The number of aliphatic hydroxyl groups is 1. The molecule has 406 valence electrons. The molecule has 76 heavy (non-hydrogen) atoms. The van der Waals surface area contributed by atoms with Crippen LogP contribution in [0, 0.1) is 30.6 Å². The number of aryl methyl sites for hydroxylation is 1. The van der Waals surface area contributed by atoms with Gasteiger partial charge in [0.1, 0.15) is 17.7 Å². The number of aromatic nitrogens is 4. The van der Waals surface area contributed by atoms with Crippen LogP contribution >= 0.6 is 11.3 Å². The van der Waals surface area contributed by atoms with E-state index in [-0.39, 0.29) is 48.5 Å². The molecule has 0 spiro atoms. The molecule has 0 radical (unpaired) electrons. The summed E-state index contributed by atoms with van der Waals surface area (Å²) < 4.78 is 13.9. The van der Waals surface area contributed by atoms with E-state index in [1.54, 1.807) is 35.6 Å². The van der Waals surface area contributed by atoms with E-state index in [2.05, 4.69) is 47.4 Å². The number of hydrogen-bond donors (Lipinski definition) is 6. The average Bonchev–Trinajstić information content (AvgIpc) is 4.25. The number of β-amino-alcohol motifs (C(OH)–C–C–N with tert-alkyl or cyclic N) is 1. The fraction of sp³-hybridized carbons (Fsp3) is 0.544. The second-order valence-corrected chi connectivity index (χ2v) is 23.4. The lowest BCUT2D eigenvalue weighted by atomic mass is 9.77. The van der Waals surface area contributed by atoms with Gasteiger partial charge in [0, 0.05) is 54.5 Å². The highest BCUT2D eigenvalue weighted by molar-refractivity contribution is 7.13. The molecule has 5 aromatic rings. The van der Waals surface area contributed by atoms with Gasteiger partial charge in [0.05, 0.1) is 47.1 Å². The van der Waals surface area contributed by atoms with Crippen molar-refractivity contribution in [3.05, 3.63) is 107 Å². The average molecular weight is 1060 g/mol. The Balaban J connectivity index is 0.626. The first-order chi connectivity index (χ1) is 36.6. The summed E-state index contributed by atoms with van der Waals surface area (Å²) >= 11 is 1.60. The summed E-state index contributed by atoms with van der Waals surface area (Å²) in [5.74, 6) is 1.59. The minimum atomic E-state index is -1.21. The lowest BCUT2D eigenvalue weighted by Crippen LogP contribution is -2.51. The second-order valence-electron chi connectivity index (χ2n) is 22.6. The number of carbonyl (C=O) groups excluding carboxylic acids is 2. The van der Waals surface area contributed by atoms with Crippen LogP contribution in [0.3, 0.4) is 0 Å². The third kappa shape index (κ3) is 11.6. The largest absolute Gasteiger partial charge is 0.508 e. The number of thiazole rings is 1. The Labute approximate surface area is 449 Å². The van der Waals surface area contributed by atoms with Crippen LogP contribution in [0.15, 0.2) is 88.2 Å². The molecule has 1 aliphatic carbocycles. The van der Waals surface area contributed by atoms with Crippen molar-refractivity contribution in [2.75, 3.05) is 45.9 Å². The molecule has 10 rings (SSSR count). The Bertz CT molecular complexity index is 2860. The fourth-order valence-corrected chi connectivity index (χ4v) is 13.1. The third-order valence-corrected chi connectivity index (χ3v) is 18.0. The first-order valence-electron chi connectivity index (χ1n) is 27.4. The smallest absolute Gasteiger partial charge is 0.254 e. The number of amides is 2. The summed E-state index contributed by atoms with van der Waals surface area (Å²) in [6.45, 7) is 16.3. The number of carbonyl (C=O) groups is 2. The number of rotatable bonds is 18. The molecule has 6 atom stereocenters. The lowest BCUT2D eigenvalue weighted by Gasteiger charge is -2.48. The summed E-state index contributed by atoms with van der Waals surface area (Å²) in [4.78, 5) is 40.4. The number of amidine groups is 1. The molecule has 19 heteroatoms. The molecular formula is C57H76N12O6S. The maximum absolute atomic E-state index is 14.3. The fourth-order valence-electron chi connectivity index (χ4n) is 12.3. The SMILES string of the molecule is Cc1ncsc1-c1ccc([C@H](C)NC(=O)[C@@H]2C[C@@H](O)CN2C(=O)[C@@H](c2cc(OCCC3CCN(CC4CC(N5CCC([C@@H](C)n6cc(C7=CC(N)(c8ccccc8O)NN=C7N)cn6)CC5)C4)CC3)no2)C(C)C)cc1. The predicted molar refractivity (Wildman–Crippen MR) is 293 cm³/mol. The monoisotopic (exact) mass is 1060 g/mol. The molecule has 0 bridgehead atoms. The van der Waals surface area contributed by atoms with Gasteiger partial charge >= 0.3 is 0 Å². The van der Waals surface area contributed by atoms with Gasteiger partial charge in [-0.25, -0.2) is 4.98 Å². The van der Waals surface area contributed by atoms with E-state index in [9.17, 15) is 19.8 Å². The molecule has 3 saturated heterocycles. The van der Waals surface area contributed by atoms with Crippen LogP contribution in [-0.2, 0) is 15.3 Å². The zero-order valence-electron chi connectivity index (χ0n) is 44.6. The molecule has 4 fully saturated rings. The molecule has 5 aliphatic rings. The topological polar surface area (TPSA) is 239 Å². The number of aliphatic hydroxyl groups excluding tert-OH is 1.